The summed E-state index contributed by atoms with van der Waals surface area (Å²) < 4.78 is 0. The van der Waals surface area contributed by atoms with Crippen molar-refractivity contribution in [1.82, 2.24) is 5.32 Å². The summed E-state index contributed by atoms with van der Waals surface area (Å²) in [5.41, 5.74) is 2.08. The molecule has 3 heteroatoms. The molecule has 1 aliphatic carbocycles. The fourth-order valence-electron chi connectivity index (χ4n) is 1.73. The molecule has 3 nitrogen and oxygen atoms in total. The van der Waals surface area contributed by atoms with Crippen molar-refractivity contribution in [3.05, 3.63) is 29.8 Å². The lowest BCUT2D eigenvalue weighted by Gasteiger charge is -2.13. The average Bonchev–Trinajstić information content (AvgIpc) is 3.19. The monoisotopic (exact) mass is 242 g/mol. The average molecular weight is 242 g/mol. The first-order chi connectivity index (χ1) is 8.68. The summed E-state index contributed by atoms with van der Waals surface area (Å²) in [6.07, 6.45) is 2.06. The third-order valence-corrected chi connectivity index (χ3v) is 2.91. The maximum absolute atomic E-state index is 11.4. The molecule has 0 saturated heterocycles. The van der Waals surface area contributed by atoms with Crippen LogP contribution in [0, 0.1) is 17.8 Å². The highest BCUT2D eigenvalue weighted by molar-refractivity contribution is 5.81. The van der Waals surface area contributed by atoms with E-state index in [9.17, 15) is 4.79 Å². The van der Waals surface area contributed by atoms with E-state index < -0.39 is 0 Å². The molecule has 18 heavy (non-hydrogen) atoms. The molecule has 0 spiro atoms. The van der Waals surface area contributed by atoms with Crippen molar-refractivity contribution < 1.29 is 4.79 Å². The van der Waals surface area contributed by atoms with E-state index in [1.807, 2.05) is 43.3 Å². The molecule has 0 aliphatic heterocycles. The Kier molecular flexibility index (Phi) is 3.88. The second-order valence-electron chi connectivity index (χ2n) is 4.71. The quantitative estimate of drug-likeness (QED) is 0.817. The number of nitrogens with one attached hydrogen (secondary N) is 1. The summed E-state index contributed by atoms with van der Waals surface area (Å²) in [5.74, 6) is 6.50. The van der Waals surface area contributed by atoms with Crippen LogP contribution in [-0.2, 0) is 4.79 Å². The van der Waals surface area contributed by atoms with Gasteiger partial charge in [0, 0.05) is 25.6 Å². The minimum atomic E-state index is 0.144. The van der Waals surface area contributed by atoms with Crippen LogP contribution in [0.4, 0.5) is 5.69 Å². The largest absolute Gasteiger partial charge is 0.377 e. The van der Waals surface area contributed by atoms with Crippen molar-refractivity contribution in [3.63, 3.8) is 0 Å². The van der Waals surface area contributed by atoms with Gasteiger partial charge >= 0.3 is 0 Å². The Morgan fingerprint density at radius 1 is 1.39 bits per heavy atom. The summed E-state index contributed by atoms with van der Waals surface area (Å²) in [6.45, 7) is 0.428. The Morgan fingerprint density at radius 3 is 2.78 bits per heavy atom. The van der Waals surface area contributed by atoms with E-state index in [1.54, 1.807) is 0 Å². The van der Waals surface area contributed by atoms with E-state index in [1.165, 1.54) is 0 Å². The Bertz CT molecular complexity index is 493. The third kappa shape index (κ3) is 3.27. The minimum Gasteiger partial charge on any atom is -0.377 e. The number of anilines is 1. The zero-order chi connectivity index (χ0) is 13.0. The third-order valence-electron chi connectivity index (χ3n) is 2.91. The molecule has 0 radical (unpaired) electrons. The molecule has 1 aliphatic rings. The van der Waals surface area contributed by atoms with Crippen molar-refractivity contribution in [3.8, 4) is 11.8 Å². The van der Waals surface area contributed by atoms with Crippen LogP contribution in [-0.4, -0.2) is 26.5 Å². The maximum atomic E-state index is 11.4. The number of hydrogen-bond donors (Lipinski definition) is 1. The highest BCUT2D eigenvalue weighted by Crippen LogP contribution is 2.28. The van der Waals surface area contributed by atoms with E-state index in [0.29, 0.717) is 6.54 Å². The van der Waals surface area contributed by atoms with Crippen molar-refractivity contribution in [2.75, 3.05) is 25.5 Å². The molecule has 2 rings (SSSR count). The van der Waals surface area contributed by atoms with Gasteiger partial charge in [0.15, 0.2) is 0 Å². The SMILES string of the molecule is CN(C)c1ccccc1C#CCNC(=O)C1CC1. The highest BCUT2D eigenvalue weighted by atomic mass is 16.2. The van der Waals surface area contributed by atoms with Crippen LogP contribution < -0.4 is 10.2 Å². The molecule has 1 saturated carbocycles. The van der Waals surface area contributed by atoms with Gasteiger partial charge in [0.1, 0.15) is 0 Å². The Labute approximate surface area is 108 Å². The molecule has 0 bridgehead atoms. The summed E-state index contributed by atoms with van der Waals surface area (Å²) >= 11 is 0. The molecule has 1 amide bonds. The predicted molar refractivity (Wildman–Crippen MR) is 73.4 cm³/mol. The fraction of sp³-hybridized carbons (Fsp3) is 0.400. The lowest BCUT2D eigenvalue weighted by Crippen LogP contribution is -2.24. The van der Waals surface area contributed by atoms with Gasteiger partial charge in [-0.1, -0.05) is 24.0 Å². The lowest BCUT2D eigenvalue weighted by molar-refractivity contribution is -0.122. The zero-order valence-electron chi connectivity index (χ0n) is 10.9. The van der Waals surface area contributed by atoms with Crippen molar-refractivity contribution in [1.29, 1.82) is 0 Å². The normalized spacial score (nSPS) is 13.4. The fourth-order valence-corrected chi connectivity index (χ4v) is 1.73. The first-order valence-corrected chi connectivity index (χ1v) is 6.21. The number of nitrogens with zero attached hydrogens (tertiary/aromatic N) is 1. The van der Waals surface area contributed by atoms with Gasteiger partial charge in [0.25, 0.3) is 0 Å². The molecule has 0 heterocycles. The Morgan fingerprint density at radius 2 is 2.11 bits per heavy atom. The zero-order valence-corrected chi connectivity index (χ0v) is 10.9. The summed E-state index contributed by atoms with van der Waals surface area (Å²) in [6, 6.07) is 7.99. The van der Waals surface area contributed by atoms with Crippen LogP contribution in [0.1, 0.15) is 18.4 Å². The molecule has 1 N–H and O–H groups in total. The second-order valence-corrected chi connectivity index (χ2v) is 4.71. The first-order valence-electron chi connectivity index (χ1n) is 6.21. The number of benzene rings is 1. The molecule has 0 aromatic heterocycles. The van der Waals surface area contributed by atoms with Crippen molar-refractivity contribution in [2.45, 2.75) is 12.8 Å². The van der Waals surface area contributed by atoms with E-state index >= 15 is 0 Å². The van der Waals surface area contributed by atoms with Gasteiger partial charge in [-0.15, -0.1) is 0 Å². The van der Waals surface area contributed by atoms with Gasteiger partial charge in [-0.25, -0.2) is 0 Å². The summed E-state index contributed by atoms with van der Waals surface area (Å²) in [7, 11) is 3.99. The molecule has 1 fully saturated rings. The minimum absolute atomic E-state index is 0.144. The van der Waals surface area contributed by atoms with Gasteiger partial charge in [0.2, 0.25) is 5.91 Å². The predicted octanol–water partition coefficient (Wildman–Crippen LogP) is 1.63. The van der Waals surface area contributed by atoms with E-state index in [-0.39, 0.29) is 11.8 Å². The van der Waals surface area contributed by atoms with Crippen molar-refractivity contribution in [2.24, 2.45) is 5.92 Å². The first kappa shape index (κ1) is 12.5. The Balaban J connectivity index is 1.94. The van der Waals surface area contributed by atoms with Gasteiger partial charge < -0.3 is 10.2 Å². The van der Waals surface area contributed by atoms with Crippen LogP contribution in [0.3, 0.4) is 0 Å². The Hall–Kier alpha value is -1.95. The molecule has 1 aromatic carbocycles. The molecule has 94 valence electrons. The van der Waals surface area contributed by atoms with Crippen LogP contribution in [0.25, 0.3) is 0 Å². The van der Waals surface area contributed by atoms with Crippen molar-refractivity contribution >= 4 is 11.6 Å². The summed E-state index contributed by atoms with van der Waals surface area (Å²) in [4.78, 5) is 13.4. The second kappa shape index (κ2) is 5.59. The summed E-state index contributed by atoms with van der Waals surface area (Å²) in [5, 5.41) is 2.84. The van der Waals surface area contributed by atoms with E-state index in [0.717, 1.165) is 24.1 Å². The van der Waals surface area contributed by atoms with Crippen LogP contribution >= 0.6 is 0 Å². The van der Waals surface area contributed by atoms with Crippen LogP contribution in [0.2, 0.25) is 0 Å². The van der Waals surface area contributed by atoms with Gasteiger partial charge in [-0.2, -0.15) is 0 Å². The van der Waals surface area contributed by atoms with E-state index in [4.69, 9.17) is 0 Å². The van der Waals surface area contributed by atoms with Crippen LogP contribution in [0.5, 0.6) is 0 Å². The molecule has 1 aromatic rings. The lowest BCUT2D eigenvalue weighted by atomic mass is 10.1. The molecule has 0 atom stereocenters. The number of para-hydroxylation sites is 1. The highest BCUT2D eigenvalue weighted by Gasteiger charge is 2.28. The van der Waals surface area contributed by atoms with E-state index in [2.05, 4.69) is 17.2 Å². The standard InChI is InChI=1S/C15H18N2O/c1-17(2)14-8-4-3-6-12(14)7-5-11-16-15(18)13-9-10-13/h3-4,6,8,13H,9-11H2,1-2H3,(H,16,18). The number of carbonyl (C=O) groups excluding carboxylic acids is 1. The number of amides is 1. The van der Waals surface area contributed by atoms with Gasteiger partial charge in [-0.05, 0) is 25.0 Å². The number of carbonyl (C=O) groups is 1. The topological polar surface area (TPSA) is 32.3 Å². The maximum Gasteiger partial charge on any atom is 0.223 e. The number of rotatable bonds is 3. The number of hydrogen-bond acceptors (Lipinski definition) is 2. The van der Waals surface area contributed by atoms with Crippen LogP contribution in [0.15, 0.2) is 24.3 Å². The smallest absolute Gasteiger partial charge is 0.223 e. The molecule has 0 unspecified atom stereocenters. The van der Waals surface area contributed by atoms with Gasteiger partial charge in [-0.3, -0.25) is 4.79 Å². The van der Waals surface area contributed by atoms with Gasteiger partial charge in [0.05, 0.1) is 12.2 Å². The molecular formula is C15H18N2O. The molecular weight excluding hydrogens is 224 g/mol.